The molecule has 1 heterocycles. The van der Waals surface area contributed by atoms with Crippen molar-refractivity contribution in [3.8, 4) is 0 Å². The van der Waals surface area contributed by atoms with Crippen molar-refractivity contribution in [2.24, 2.45) is 5.73 Å². The SMILES string of the molecule is NC(CC(=O)NC1c2ccccc2CC1NC(=O)c1cc2cc(Cl)ccc2[nH]1)C(=O)O. The number of amides is 2. The van der Waals surface area contributed by atoms with Crippen molar-refractivity contribution >= 4 is 40.3 Å². The Labute approximate surface area is 182 Å². The Bertz CT molecular complexity index is 1180. The minimum absolute atomic E-state index is 0.313. The first-order valence-corrected chi connectivity index (χ1v) is 10.1. The van der Waals surface area contributed by atoms with Gasteiger partial charge in [-0.25, -0.2) is 0 Å². The number of carboxylic acids is 1. The van der Waals surface area contributed by atoms with E-state index >= 15 is 0 Å². The number of H-pyrrole nitrogens is 1. The first kappa shape index (κ1) is 20.9. The molecule has 4 rings (SSSR count). The largest absolute Gasteiger partial charge is 0.480 e. The zero-order chi connectivity index (χ0) is 22.1. The molecule has 0 aliphatic heterocycles. The van der Waals surface area contributed by atoms with E-state index in [4.69, 9.17) is 22.4 Å². The van der Waals surface area contributed by atoms with Crippen LogP contribution in [0.3, 0.4) is 0 Å². The molecule has 3 aromatic rings. The molecule has 160 valence electrons. The number of nitrogens with one attached hydrogen (secondary N) is 3. The highest BCUT2D eigenvalue weighted by Gasteiger charge is 2.35. The number of carbonyl (C=O) groups excluding carboxylic acids is 2. The fourth-order valence-electron chi connectivity index (χ4n) is 3.90. The van der Waals surface area contributed by atoms with Crippen molar-refractivity contribution in [2.75, 3.05) is 0 Å². The van der Waals surface area contributed by atoms with Gasteiger partial charge in [0, 0.05) is 15.9 Å². The number of carbonyl (C=O) groups is 3. The van der Waals surface area contributed by atoms with Gasteiger partial charge in [-0.05, 0) is 41.8 Å². The lowest BCUT2D eigenvalue weighted by molar-refractivity contribution is -0.140. The average Bonchev–Trinajstić information content (AvgIpc) is 3.29. The van der Waals surface area contributed by atoms with Gasteiger partial charge in [0.1, 0.15) is 11.7 Å². The molecule has 0 radical (unpaired) electrons. The van der Waals surface area contributed by atoms with Crippen LogP contribution in [0.2, 0.25) is 5.02 Å². The van der Waals surface area contributed by atoms with Crippen LogP contribution in [0.1, 0.15) is 34.1 Å². The van der Waals surface area contributed by atoms with E-state index in [-0.39, 0.29) is 12.3 Å². The maximum Gasteiger partial charge on any atom is 0.321 e. The summed E-state index contributed by atoms with van der Waals surface area (Å²) >= 11 is 6.02. The molecule has 1 aromatic heterocycles. The van der Waals surface area contributed by atoms with Crippen LogP contribution in [-0.4, -0.2) is 40.0 Å². The van der Waals surface area contributed by atoms with E-state index in [2.05, 4.69) is 15.6 Å². The van der Waals surface area contributed by atoms with Crippen LogP contribution in [0.4, 0.5) is 0 Å². The zero-order valence-corrected chi connectivity index (χ0v) is 17.1. The minimum atomic E-state index is -1.29. The number of benzene rings is 2. The van der Waals surface area contributed by atoms with Gasteiger partial charge < -0.3 is 26.5 Å². The number of rotatable bonds is 6. The smallest absolute Gasteiger partial charge is 0.321 e. The molecule has 1 aliphatic rings. The molecule has 0 bridgehead atoms. The summed E-state index contributed by atoms with van der Waals surface area (Å²) in [6.45, 7) is 0. The summed E-state index contributed by atoms with van der Waals surface area (Å²) in [5, 5.41) is 16.2. The van der Waals surface area contributed by atoms with Gasteiger partial charge >= 0.3 is 5.97 Å². The second kappa shape index (κ2) is 8.41. The quantitative estimate of drug-likeness (QED) is 0.400. The van der Waals surface area contributed by atoms with Crippen molar-refractivity contribution < 1.29 is 19.5 Å². The molecule has 0 fully saturated rings. The van der Waals surface area contributed by atoms with Gasteiger partial charge in [-0.15, -0.1) is 0 Å². The third kappa shape index (κ3) is 4.40. The van der Waals surface area contributed by atoms with E-state index in [9.17, 15) is 14.4 Å². The highest BCUT2D eigenvalue weighted by Crippen LogP contribution is 2.32. The van der Waals surface area contributed by atoms with Crippen molar-refractivity contribution in [2.45, 2.75) is 31.0 Å². The Morgan fingerprint density at radius 3 is 2.71 bits per heavy atom. The van der Waals surface area contributed by atoms with Crippen molar-refractivity contribution in [1.82, 2.24) is 15.6 Å². The summed E-state index contributed by atoms with van der Waals surface area (Å²) in [7, 11) is 0. The first-order chi connectivity index (χ1) is 14.8. The number of aromatic amines is 1. The lowest BCUT2D eigenvalue weighted by Crippen LogP contribution is -2.46. The fourth-order valence-corrected chi connectivity index (χ4v) is 4.08. The minimum Gasteiger partial charge on any atom is -0.480 e. The van der Waals surface area contributed by atoms with E-state index < -0.39 is 30.0 Å². The molecule has 3 unspecified atom stereocenters. The molecule has 8 nitrogen and oxygen atoms in total. The summed E-state index contributed by atoms with van der Waals surface area (Å²) in [6, 6.07) is 12.4. The van der Waals surface area contributed by atoms with Crippen LogP contribution in [0.25, 0.3) is 10.9 Å². The number of nitrogens with two attached hydrogens (primary N) is 1. The van der Waals surface area contributed by atoms with Crippen LogP contribution in [-0.2, 0) is 16.0 Å². The number of carboxylic acid groups (broad SMARTS) is 1. The summed E-state index contributed by atoms with van der Waals surface area (Å²) < 4.78 is 0. The van der Waals surface area contributed by atoms with E-state index in [0.717, 1.165) is 22.0 Å². The van der Waals surface area contributed by atoms with E-state index in [1.165, 1.54) is 0 Å². The molecule has 3 atom stereocenters. The van der Waals surface area contributed by atoms with Crippen molar-refractivity contribution in [3.63, 3.8) is 0 Å². The third-order valence-corrected chi connectivity index (χ3v) is 5.65. The molecule has 6 N–H and O–H groups in total. The fraction of sp³-hybridized carbons (Fsp3) is 0.227. The first-order valence-electron chi connectivity index (χ1n) is 9.76. The lowest BCUT2D eigenvalue weighted by Gasteiger charge is -2.23. The van der Waals surface area contributed by atoms with Crippen molar-refractivity contribution in [3.05, 3.63) is 70.4 Å². The van der Waals surface area contributed by atoms with Gasteiger partial charge in [-0.1, -0.05) is 35.9 Å². The normalized spacial score (nSPS) is 18.4. The van der Waals surface area contributed by atoms with Gasteiger partial charge in [-0.3, -0.25) is 14.4 Å². The average molecular weight is 441 g/mol. The summed E-state index contributed by atoms with van der Waals surface area (Å²) in [5.74, 6) is -2.05. The molecule has 0 saturated carbocycles. The lowest BCUT2D eigenvalue weighted by atomic mass is 10.1. The van der Waals surface area contributed by atoms with Crippen molar-refractivity contribution in [1.29, 1.82) is 0 Å². The van der Waals surface area contributed by atoms with Crippen LogP contribution in [0.15, 0.2) is 48.5 Å². The Kier molecular flexibility index (Phi) is 5.67. The summed E-state index contributed by atoms with van der Waals surface area (Å²) in [6.07, 6.45) is 0.182. The van der Waals surface area contributed by atoms with Crippen LogP contribution in [0, 0.1) is 0 Å². The second-order valence-electron chi connectivity index (χ2n) is 7.59. The predicted octanol–water partition coefficient (Wildman–Crippen LogP) is 2.14. The zero-order valence-electron chi connectivity index (χ0n) is 16.4. The van der Waals surface area contributed by atoms with Crippen LogP contribution in [0.5, 0.6) is 0 Å². The van der Waals surface area contributed by atoms with E-state index in [0.29, 0.717) is 17.1 Å². The maximum absolute atomic E-state index is 12.9. The number of fused-ring (bicyclic) bond motifs is 2. The number of halogens is 1. The number of aliphatic carboxylic acids is 1. The highest BCUT2D eigenvalue weighted by atomic mass is 35.5. The van der Waals surface area contributed by atoms with Gasteiger partial charge in [0.25, 0.3) is 5.91 Å². The standard InChI is InChI=1S/C22H21ClN4O4/c23-13-5-6-16-12(7-13)9-18(25-16)21(29)26-17-8-11-3-1-2-4-14(11)20(17)27-19(28)10-15(24)22(30)31/h1-7,9,15,17,20,25H,8,10,24H2,(H,26,29)(H,27,28)(H,30,31). The molecule has 2 aromatic carbocycles. The van der Waals surface area contributed by atoms with Crippen LogP contribution >= 0.6 is 11.6 Å². The molecule has 31 heavy (non-hydrogen) atoms. The van der Waals surface area contributed by atoms with Gasteiger partial charge in [0.05, 0.1) is 18.5 Å². The second-order valence-corrected chi connectivity index (χ2v) is 8.03. The number of hydrogen-bond donors (Lipinski definition) is 5. The Morgan fingerprint density at radius 2 is 1.94 bits per heavy atom. The monoisotopic (exact) mass is 440 g/mol. The molecular weight excluding hydrogens is 420 g/mol. The molecule has 0 spiro atoms. The Morgan fingerprint density at radius 1 is 1.16 bits per heavy atom. The molecule has 2 amide bonds. The third-order valence-electron chi connectivity index (χ3n) is 5.42. The van der Waals surface area contributed by atoms with Crippen LogP contribution < -0.4 is 16.4 Å². The Balaban J connectivity index is 1.53. The molecule has 9 heteroatoms. The summed E-state index contributed by atoms with van der Waals surface area (Å²) in [4.78, 5) is 39.3. The van der Waals surface area contributed by atoms with Gasteiger partial charge in [-0.2, -0.15) is 0 Å². The maximum atomic E-state index is 12.9. The Hall–Kier alpha value is -3.36. The van der Waals surface area contributed by atoms with Gasteiger partial charge in [0.2, 0.25) is 5.91 Å². The molecular formula is C22H21ClN4O4. The topological polar surface area (TPSA) is 137 Å². The van der Waals surface area contributed by atoms with E-state index in [1.54, 1.807) is 24.3 Å². The molecule has 1 aliphatic carbocycles. The van der Waals surface area contributed by atoms with E-state index in [1.807, 2.05) is 24.3 Å². The predicted molar refractivity (Wildman–Crippen MR) is 116 cm³/mol. The van der Waals surface area contributed by atoms with Gasteiger partial charge in [0.15, 0.2) is 0 Å². The summed E-state index contributed by atoms with van der Waals surface area (Å²) in [5.41, 5.74) is 8.54. The molecule has 0 saturated heterocycles. The number of aromatic nitrogens is 1. The number of hydrogen-bond acceptors (Lipinski definition) is 4. The highest BCUT2D eigenvalue weighted by molar-refractivity contribution is 6.31.